The fourth-order valence-electron chi connectivity index (χ4n) is 17.0. The van der Waals surface area contributed by atoms with E-state index in [1.165, 1.54) is 0 Å². The third-order valence-electron chi connectivity index (χ3n) is 22.9. The van der Waals surface area contributed by atoms with Crippen molar-refractivity contribution in [3.63, 3.8) is 0 Å². The molecule has 35 atom stereocenters. The number of fused-ring (bicyclic) bond motifs is 5. The van der Waals surface area contributed by atoms with Gasteiger partial charge in [-0.2, -0.15) is 0 Å². The summed E-state index contributed by atoms with van der Waals surface area (Å²) in [4.78, 5) is 0. The van der Waals surface area contributed by atoms with E-state index in [0.717, 1.165) is 18.4 Å². The second kappa shape index (κ2) is 27.6. The number of allylic oxidation sites excluding steroid dienone is 1. The van der Waals surface area contributed by atoms with Gasteiger partial charge in [-0.25, -0.2) is 0 Å². The Balaban J connectivity index is 0.839. The maximum absolute atomic E-state index is 12.8. The van der Waals surface area contributed by atoms with Crippen LogP contribution in [0, 0.1) is 45.3 Å². The highest BCUT2D eigenvalue weighted by molar-refractivity contribution is 5.32. The first kappa shape index (κ1) is 71.9. The van der Waals surface area contributed by atoms with Crippen LogP contribution in [-0.4, -0.2) is 308 Å². The lowest BCUT2D eigenvalue weighted by atomic mass is 9.38. The molecular weight excluding hydrogens is 1180 g/mol. The Bertz CT molecular complexity index is 2350. The highest BCUT2D eigenvalue weighted by atomic mass is 16.8. The highest BCUT2D eigenvalue weighted by Crippen LogP contribution is 2.75. The number of aliphatic hydroxyl groups is 19. The van der Waals surface area contributed by atoms with E-state index in [1.807, 2.05) is 13.8 Å². The fourth-order valence-corrected chi connectivity index (χ4v) is 17.0. The molecule has 9 aliphatic rings. The van der Waals surface area contributed by atoms with E-state index >= 15 is 0 Å². The molecule has 0 bridgehead atoms. The van der Waals surface area contributed by atoms with Gasteiger partial charge in [0, 0.05) is 10.8 Å². The standard InChI is InChI=1S/C60H102O29/c1-23(9-13-35(57(4,5)79)88-55-50(45(74)38(67)29(20-63)84-55)89-54-49(78)42(71)37(66)28(19-62)83-54)24-15-16-58(6)32-12-10-25-26(60(32,8)33(64)17-59(24,58)7)11-14-34(56(25,2)3)87-53-48(77)44(73)40(69)31(86-53)22-81-52-47(76)43(72)39(68)30(85-52)21-80-51-46(75)41(70)36(65)27(18-61)82-51/h10,23-24,26-55,61-79H,9,11-22H2,1-8H3/t23-,24?,26?,27+,28+,29-,30-,31-,32?,33-,34+,35-,36+,37+,38-,39-,40-,41-,42-,43+,44+,45+,46+,47-,48-,49+,50-,51+,52+,53+,54-,55+,58+,59-,60+/m1/s1. The Morgan fingerprint density at radius 2 is 0.955 bits per heavy atom. The predicted octanol–water partition coefficient (Wildman–Crippen LogP) is -5.41. The first-order chi connectivity index (χ1) is 41.6. The summed E-state index contributed by atoms with van der Waals surface area (Å²) in [5.41, 5.74) is -2.36. The van der Waals surface area contributed by atoms with Crippen LogP contribution in [0.15, 0.2) is 11.6 Å². The SMILES string of the molecule is C[C@H](CC[C@@H](O[C@@H]1O[C@H](CO)[C@@H](O)[C@H](O)[C@H]1O[C@H]1O[C@@H](CO)[C@H](O)[C@@H](O)[C@@H]1O)C(C)(C)O)C1CC[C@@]2(C)C3CC=C4C(CC[C@H](O[C@@H]5O[C@H](CO[C@H]6O[C@H](CO[C@H]7O[C@@H](CO)[C@H](O)[C@@H](O)[C@@H]7O)[C@@H](O)[C@H](O)[C@H]6O)[C@@H](O)[C@H](O)[C@H]5O)C4(C)C)[C@]3(C)[C@H](O)C[C@]12C. The van der Waals surface area contributed by atoms with E-state index in [0.29, 0.717) is 32.1 Å². The van der Waals surface area contributed by atoms with Gasteiger partial charge in [-0.15, -0.1) is 0 Å². The maximum Gasteiger partial charge on any atom is 0.187 e. The van der Waals surface area contributed by atoms with Gasteiger partial charge in [-0.3, -0.25) is 0 Å². The van der Waals surface area contributed by atoms with Gasteiger partial charge in [-0.05, 0) is 99.7 Å². The maximum atomic E-state index is 12.8. The summed E-state index contributed by atoms with van der Waals surface area (Å²) in [5, 5.41) is 205. The molecule has 0 spiro atoms. The number of rotatable bonds is 20. The van der Waals surface area contributed by atoms with Gasteiger partial charge in [0.1, 0.15) is 122 Å². The van der Waals surface area contributed by atoms with Gasteiger partial charge in [0.15, 0.2) is 31.5 Å². The highest BCUT2D eigenvalue weighted by Gasteiger charge is 2.70. The molecule has 516 valence electrons. The van der Waals surface area contributed by atoms with Crippen LogP contribution >= 0.6 is 0 Å². The molecule has 4 aliphatic carbocycles. The summed E-state index contributed by atoms with van der Waals surface area (Å²) < 4.78 is 59.0. The molecule has 9 rings (SSSR count). The van der Waals surface area contributed by atoms with Crippen LogP contribution in [0.25, 0.3) is 0 Å². The minimum atomic E-state index is -1.87. The Kier molecular flexibility index (Phi) is 22.3. The normalized spacial score (nSPS) is 51.8. The van der Waals surface area contributed by atoms with Gasteiger partial charge in [0.2, 0.25) is 0 Å². The smallest absolute Gasteiger partial charge is 0.187 e. The predicted molar refractivity (Wildman–Crippen MR) is 300 cm³/mol. The van der Waals surface area contributed by atoms with Crippen LogP contribution in [-0.2, 0) is 47.4 Å². The van der Waals surface area contributed by atoms with Gasteiger partial charge >= 0.3 is 0 Å². The molecule has 0 aromatic heterocycles. The summed E-state index contributed by atoms with van der Waals surface area (Å²) in [5.74, 6) is 0.0910. The zero-order valence-electron chi connectivity index (χ0n) is 51.8. The van der Waals surface area contributed by atoms with E-state index < -0.39 is 221 Å². The summed E-state index contributed by atoms with van der Waals surface area (Å²) in [7, 11) is 0. The molecule has 3 saturated carbocycles. The number of aliphatic hydroxyl groups excluding tert-OH is 18. The molecule has 5 saturated heterocycles. The van der Waals surface area contributed by atoms with Crippen molar-refractivity contribution in [3.8, 4) is 0 Å². The second-order valence-electron chi connectivity index (χ2n) is 28.7. The van der Waals surface area contributed by atoms with Gasteiger partial charge in [-0.1, -0.05) is 53.2 Å². The minimum absolute atomic E-state index is 0.0182. The zero-order valence-corrected chi connectivity index (χ0v) is 51.8. The number of hydrogen-bond acceptors (Lipinski definition) is 29. The second-order valence-corrected chi connectivity index (χ2v) is 28.7. The van der Waals surface area contributed by atoms with Gasteiger partial charge in [0.05, 0.1) is 56.9 Å². The van der Waals surface area contributed by atoms with Crippen LogP contribution in [0.5, 0.6) is 0 Å². The zero-order chi connectivity index (χ0) is 65.5. The van der Waals surface area contributed by atoms with Crippen LogP contribution in [0.2, 0.25) is 0 Å². The lowest BCUT2D eigenvalue weighted by Crippen LogP contribution is -2.65. The lowest BCUT2D eigenvalue weighted by molar-refractivity contribution is -0.375. The van der Waals surface area contributed by atoms with Crippen molar-refractivity contribution < 1.29 is 144 Å². The number of hydrogen-bond donors (Lipinski definition) is 19. The van der Waals surface area contributed by atoms with Gasteiger partial charge in [0.25, 0.3) is 0 Å². The Morgan fingerprint density at radius 1 is 0.517 bits per heavy atom. The van der Waals surface area contributed by atoms with E-state index in [2.05, 4.69) is 33.8 Å². The molecule has 0 amide bonds. The molecule has 89 heavy (non-hydrogen) atoms. The summed E-state index contributed by atoms with van der Waals surface area (Å²) in [6, 6.07) is 0. The summed E-state index contributed by atoms with van der Waals surface area (Å²) in [6.07, 6.45) is -36.9. The van der Waals surface area contributed by atoms with E-state index in [4.69, 9.17) is 47.4 Å². The molecule has 5 aliphatic heterocycles. The molecular formula is C60H102O29. The summed E-state index contributed by atoms with van der Waals surface area (Å²) in [6.45, 7) is 12.7. The van der Waals surface area contributed by atoms with Crippen molar-refractivity contribution >= 4 is 0 Å². The average molecular weight is 1290 g/mol. The number of ether oxygens (including phenoxy) is 10. The average Bonchev–Trinajstić information content (AvgIpc) is 1.66. The lowest BCUT2D eigenvalue weighted by Gasteiger charge is -2.67. The first-order valence-electron chi connectivity index (χ1n) is 31.6. The Morgan fingerprint density at radius 3 is 1.46 bits per heavy atom. The largest absolute Gasteiger partial charge is 0.394 e. The fraction of sp³-hybridized carbons (Fsp3) is 0.967. The minimum Gasteiger partial charge on any atom is -0.394 e. The van der Waals surface area contributed by atoms with Crippen molar-refractivity contribution in [1.29, 1.82) is 0 Å². The van der Waals surface area contributed by atoms with Crippen LogP contribution in [0.3, 0.4) is 0 Å². The van der Waals surface area contributed by atoms with Crippen LogP contribution in [0.4, 0.5) is 0 Å². The quantitative estimate of drug-likeness (QED) is 0.0506. The van der Waals surface area contributed by atoms with E-state index in [1.54, 1.807) is 13.8 Å². The van der Waals surface area contributed by atoms with Crippen molar-refractivity contribution in [2.24, 2.45) is 45.3 Å². The van der Waals surface area contributed by atoms with Crippen LogP contribution in [0.1, 0.15) is 107 Å². The van der Waals surface area contributed by atoms with Crippen molar-refractivity contribution in [2.75, 3.05) is 33.0 Å². The van der Waals surface area contributed by atoms with Crippen molar-refractivity contribution in [3.05, 3.63) is 11.6 Å². The first-order valence-corrected chi connectivity index (χ1v) is 31.6. The Hall–Kier alpha value is -1.42. The van der Waals surface area contributed by atoms with Crippen LogP contribution < -0.4 is 0 Å². The van der Waals surface area contributed by atoms with Crippen molar-refractivity contribution in [1.82, 2.24) is 0 Å². The molecule has 0 radical (unpaired) electrons. The van der Waals surface area contributed by atoms with Crippen molar-refractivity contribution in [2.45, 2.75) is 284 Å². The molecule has 19 N–H and O–H groups in total. The van der Waals surface area contributed by atoms with E-state index in [9.17, 15) is 97.0 Å². The van der Waals surface area contributed by atoms with Gasteiger partial charge < -0.3 is 144 Å². The topological polar surface area (TPSA) is 477 Å². The molecule has 29 nitrogen and oxygen atoms in total. The third-order valence-corrected chi connectivity index (χ3v) is 22.9. The molecule has 0 aromatic carbocycles. The molecule has 0 aromatic rings. The monoisotopic (exact) mass is 1290 g/mol. The van der Waals surface area contributed by atoms with E-state index in [-0.39, 0.29) is 40.9 Å². The molecule has 3 unspecified atom stereocenters. The molecule has 8 fully saturated rings. The molecule has 5 heterocycles. The Labute approximate surface area is 517 Å². The molecule has 29 heteroatoms. The third kappa shape index (κ3) is 13.1. The summed E-state index contributed by atoms with van der Waals surface area (Å²) >= 11 is 0.